The summed E-state index contributed by atoms with van der Waals surface area (Å²) in [5, 5.41) is 5.87. The Morgan fingerprint density at radius 3 is 2.08 bits per heavy atom. The van der Waals surface area contributed by atoms with E-state index in [2.05, 4.69) is 20.6 Å². The average molecular weight is 225 g/mol. The Bertz CT molecular complexity index is 214. The molecule has 1 aromatic heterocycles. The quantitative estimate of drug-likeness (QED) is 0.808. The van der Waals surface area contributed by atoms with Crippen LogP contribution in [0.4, 0.5) is 5.95 Å². The molecule has 0 fully saturated rings. The van der Waals surface area contributed by atoms with E-state index < -0.39 is 0 Å². The highest BCUT2D eigenvalue weighted by Crippen LogP contribution is 1.97. The Balaban J connectivity index is 0. The fraction of sp³-hybridized carbons (Fsp3) is 0.429. The van der Waals surface area contributed by atoms with Crippen molar-refractivity contribution in [3.05, 3.63) is 18.0 Å². The number of nitrogens with zero attached hydrogens (tertiary/aromatic N) is 2. The van der Waals surface area contributed by atoms with Gasteiger partial charge in [-0.3, -0.25) is 0 Å². The first-order valence-electron chi connectivity index (χ1n) is 3.50. The standard InChI is InChI=1S/C7H12N4.2ClH/c1-8-3-6-4-10-7(9-2)11-5-6;;/h4-5,8H,3H2,1-2H3,(H,9,10,11);2*1H. The van der Waals surface area contributed by atoms with Gasteiger partial charge in [0, 0.05) is 31.5 Å². The number of rotatable bonds is 3. The molecule has 0 aliphatic rings. The van der Waals surface area contributed by atoms with Gasteiger partial charge in [0.1, 0.15) is 0 Å². The third-order valence-electron chi connectivity index (χ3n) is 1.31. The number of hydrogen-bond acceptors (Lipinski definition) is 4. The van der Waals surface area contributed by atoms with Gasteiger partial charge in [0.05, 0.1) is 0 Å². The van der Waals surface area contributed by atoms with Crippen LogP contribution in [-0.2, 0) is 6.54 Å². The van der Waals surface area contributed by atoms with E-state index in [1.54, 1.807) is 19.4 Å². The molecule has 0 saturated heterocycles. The van der Waals surface area contributed by atoms with Crippen molar-refractivity contribution >= 4 is 30.8 Å². The molecule has 2 N–H and O–H groups in total. The molecule has 6 heteroatoms. The molecule has 0 atom stereocenters. The molecule has 0 aromatic carbocycles. The van der Waals surface area contributed by atoms with Crippen molar-refractivity contribution in [2.75, 3.05) is 19.4 Å². The Kier molecular flexibility index (Phi) is 9.22. The summed E-state index contributed by atoms with van der Waals surface area (Å²) < 4.78 is 0. The van der Waals surface area contributed by atoms with Gasteiger partial charge < -0.3 is 10.6 Å². The maximum absolute atomic E-state index is 4.05. The molecule has 4 nitrogen and oxygen atoms in total. The number of halogens is 2. The normalized spacial score (nSPS) is 8.15. The van der Waals surface area contributed by atoms with E-state index >= 15 is 0 Å². The van der Waals surface area contributed by atoms with E-state index in [0.29, 0.717) is 5.95 Å². The van der Waals surface area contributed by atoms with Gasteiger partial charge in [0.25, 0.3) is 0 Å². The topological polar surface area (TPSA) is 49.8 Å². The van der Waals surface area contributed by atoms with E-state index in [0.717, 1.165) is 12.1 Å². The second-order valence-electron chi connectivity index (χ2n) is 2.20. The minimum Gasteiger partial charge on any atom is -0.357 e. The summed E-state index contributed by atoms with van der Waals surface area (Å²) in [5.41, 5.74) is 1.09. The van der Waals surface area contributed by atoms with E-state index in [1.165, 1.54) is 0 Å². The van der Waals surface area contributed by atoms with Crippen LogP contribution in [0, 0.1) is 0 Å². The van der Waals surface area contributed by atoms with Gasteiger partial charge in [-0.05, 0) is 7.05 Å². The van der Waals surface area contributed by atoms with Crippen LogP contribution < -0.4 is 10.6 Å². The summed E-state index contributed by atoms with van der Waals surface area (Å²) in [6.07, 6.45) is 3.60. The molecular formula is C7H14Cl2N4. The van der Waals surface area contributed by atoms with E-state index in [-0.39, 0.29) is 24.8 Å². The van der Waals surface area contributed by atoms with Gasteiger partial charge in [0.15, 0.2) is 0 Å². The Morgan fingerprint density at radius 1 is 1.15 bits per heavy atom. The van der Waals surface area contributed by atoms with Crippen LogP contribution in [0.1, 0.15) is 5.56 Å². The van der Waals surface area contributed by atoms with Crippen molar-refractivity contribution in [3.63, 3.8) is 0 Å². The average Bonchev–Trinajstić information content (AvgIpc) is 2.07. The van der Waals surface area contributed by atoms with Crippen LogP contribution in [-0.4, -0.2) is 24.1 Å². The Labute approximate surface area is 90.4 Å². The monoisotopic (exact) mass is 224 g/mol. The third-order valence-corrected chi connectivity index (χ3v) is 1.31. The van der Waals surface area contributed by atoms with Crippen molar-refractivity contribution in [1.82, 2.24) is 15.3 Å². The summed E-state index contributed by atoms with van der Waals surface area (Å²) in [5.74, 6) is 0.657. The van der Waals surface area contributed by atoms with Crippen LogP contribution in [0.15, 0.2) is 12.4 Å². The number of anilines is 1. The lowest BCUT2D eigenvalue weighted by Crippen LogP contribution is -2.06. The third kappa shape index (κ3) is 4.87. The first-order valence-corrected chi connectivity index (χ1v) is 3.50. The largest absolute Gasteiger partial charge is 0.357 e. The summed E-state index contributed by atoms with van der Waals surface area (Å²) in [4.78, 5) is 8.11. The summed E-state index contributed by atoms with van der Waals surface area (Å²) >= 11 is 0. The van der Waals surface area contributed by atoms with Crippen LogP contribution >= 0.6 is 24.8 Å². The van der Waals surface area contributed by atoms with E-state index in [1.807, 2.05) is 7.05 Å². The molecule has 0 amide bonds. The molecule has 76 valence electrons. The van der Waals surface area contributed by atoms with Crippen molar-refractivity contribution in [2.24, 2.45) is 0 Å². The predicted octanol–water partition coefficient (Wildman–Crippen LogP) is 1.08. The molecule has 0 spiro atoms. The number of nitrogens with one attached hydrogen (secondary N) is 2. The molecule has 0 aliphatic heterocycles. The zero-order valence-electron chi connectivity index (χ0n) is 7.57. The highest BCUT2D eigenvalue weighted by Gasteiger charge is 1.92. The molecule has 0 unspecified atom stereocenters. The maximum Gasteiger partial charge on any atom is 0.222 e. The lowest BCUT2D eigenvalue weighted by molar-refractivity contribution is 0.807. The van der Waals surface area contributed by atoms with Gasteiger partial charge in [-0.25, -0.2) is 9.97 Å². The van der Waals surface area contributed by atoms with Gasteiger partial charge >= 0.3 is 0 Å². The molecule has 0 bridgehead atoms. The fourth-order valence-corrected chi connectivity index (χ4v) is 0.779. The van der Waals surface area contributed by atoms with Gasteiger partial charge in [-0.1, -0.05) is 0 Å². The molecule has 1 rings (SSSR count). The van der Waals surface area contributed by atoms with Crippen molar-refractivity contribution in [1.29, 1.82) is 0 Å². The lowest BCUT2D eigenvalue weighted by atomic mass is 10.3. The predicted molar refractivity (Wildman–Crippen MR) is 58.8 cm³/mol. The second kappa shape index (κ2) is 8.04. The molecule has 0 radical (unpaired) electrons. The van der Waals surface area contributed by atoms with Crippen molar-refractivity contribution in [2.45, 2.75) is 6.54 Å². The zero-order chi connectivity index (χ0) is 8.10. The summed E-state index contributed by atoms with van der Waals surface area (Å²) in [6, 6.07) is 0. The minimum atomic E-state index is 0. The van der Waals surface area contributed by atoms with Crippen LogP contribution in [0.25, 0.3) is 0 Å². The molecule has 0 aliphatic carbocycles. The van der Waals surface area contributed by atoms with Gasteiger partial charge in [0.2, 0.25) is 5.95 Å². The number of hydrogen-bond donors (Lipinski definition) is 2. The molecule has 0 saturated carbocycles. The van der Waals surface area contributed by atoms with Crippen LogP contribution in [0.5, 0.6) is 0 Å². The SMILES string of the molecule is CNCc1cnc(NC)nc1.Cl.Cl. The molecule has 1 aromatic rings. The molecule has 1 heterocycles. The van der Waals surface area contributed by atoms with Gasteiger partial charge in [-0.15, -0.1) is 24.8 Å². The highest BCUT2D eigenvalue weighted by atomic mass is 35.5. The smallest absolute Gasteiger partial charge is 0.222 e. The second-order valence-corrected chi connectivity index (χ2v) is 2.20. The lowest BCUT2D eigenvalue weighted by Gasteiger charge is -1.99. The zero-order valence-corrected chi connectivity index (χ0v) is 9.21. The first kappa shape index (κ1) is 14.9. The van der Waals surface area contributed by atoms with Crippen LogP contribution in [0.2, 0.25) is 0 Å². The first-order chi connectivity index (χ1) is 5.36. The minimum absolute atomic E-state index is 0. The highest BCUT2D eigenvalue weighted by molar-refractivity contribution is 5.85. The Morgan fingerprint density at radius 2 is 1.69 bits per heavy atom. The summed E-state index contributed by atoms with van der Waals surface area (Å²) in [7, 11) is 3.69. The molecule has 13 heavy (non-hydrogen) atoms. The van der Waals surface area contributed by atoms with Crippen molar-refractivity contribution < 1.29 is 0 Å². The maximum atomic E-state index is 4.05. The van der Waals surface area contributed by atoms with Gasteiger partial charge in [-0.2, -0.15) is 0 Å². The van der Waals surface area contributed by atoms with Crippen molar-refractivity contribution in [3.8, 4) is 0 Å². The molecular weight excluding hydrogens is 211 g/mol. The Hall–Kier alpha value is -0.580. The summed E-state index contributed by atoms with van der Waals surface area (Å²) in [6.45, 7) is 0.810. The van der Waals surface area contributed by atoms with Crippen LogP contribution in [0.3, 0.4) is 0 Å². The van der Waals surface area contributed by atoms with E-state index in [9.17, 15) is 0 Å². The van der Waals surface area contributed by atoms with E-state index in [4.69, 9.17) is 0 Å². The number of aromatic nitrogens is 2. The fourth-order valence-electron chi connectivity index (χ4n) is 0.779.